The summed E-state index contributed by atoms with van der Waals surface area (Å²) in [4.78, 5) is 4.19. The number of aliphatic hydroxyl groups excluding tert-OH is 1. The van der Waals surface area contributed by atoms with E-state index in [4.69, 9.17) is 0 Å². The van der Waals surface area contributed by atoms with Gasteiger partial charge in [0.2, 0.25) is 0 Å². The van der Waals surface area contributed by atoms with Crippen molar-refractivity contribution in [1.82, 2.24) is 19.7 Å². The fourth-order valence-electron chi connectivity index (χ4n) is 2.78. The summed E-state index contributed by atoms with van der Waals surface area (Å²) in [6.07, 6.45) is 2.94. The summed E-state index contributed by atoms with van der Waals surface area (Å²) in [5.41, 5.74) is 2.76. The minimum Gasteiger partial charge on any atom is -0.388 e. The second-order valence-electron chi connectivity index (χ2n) is 5.96. The highest BCUT2D eigenvalue weighted by Gasteiger charge is 2.18. The lowest BCUT2D eigenvalue weighted by Gasteiger charge is -2.12. The molecule has 4 rings (SSSR count). The van der Waals surface area contributed by atoms with Gasteiger partial charge in [-0.3, -0.25) is 9.55 Å². The van der Waals surface area contributed by atoms with Gasteiger partial charge in [-0.1, -0.05) is 60.3 Å². The van der Waals surface area contributed by atoms with Crippen LogP contribution in [0.3, 0.4) is 0 Å². The van der Waals surface area contributed by atoms with Crippen LogP contribution >= 0.6 is 11.8 Å². The van der Waals surface area contributed by atoms with Crippen molar-refractivity contribution in [3.05, 3.63) is 90.8 Å². The Morgan fingerprint density at radius 1 is 0.889 bits per heavy atom. The summed E-state index contributed by atoms with van der Waals surface area (Å²) in [5.74, 6) is 1.22. The van der Waals surface area contributed by atoms with Crippen LogP contribution < -0.4 is 0 Å². The smallest absolute Gasteiger partial charge is 0.196 e. The van der Waals surface area contributed by atoms with E-state index < -0.39 is 6.10 Å². The maximum absolute atomic E-state index is 10.5. The fraction of sp³-hybridized carbons (Fsp3) is 0.0952. The average Bonchev–Trinajstić information content (AvgIpc) is 3.18. The number of benzene rings is 2. The normalized spacial score (nSPS) is 12.0. The lowest BCUT2D eigenvalue weighted by atomic mass is 10.1. The number of pyridine rings is 1. The number of hydrogen-bond donors (Lipinski definition) is 1. The molecule has 0 radical (unpaired) electrons. The third-order valence-corrected chi connectivity index (χ3v) is 5.13. The predicted octanol–water partition coefficient (Wildman–Crippen LogP) is 4.16. The van der Waals surface area contributed by atoms with Gasteiger partial charge in [-0.05, 0) is 29.8 Å². The lowest BCUT2D eigenvalue weighted by Crippen LogP contribution is -2.03. The molecule has 0 aliphatic carbocycles. The van der Waals surface area contributed by atoms with Gasteiger partial charge in [0.15, 0.2) is 11.0 Å². The molecule has 6 heteroatoms. The van der Waals surface area contributed by atoms with E-state index in [1.165, 1.54) is 11.8 Å². The zero-order valence-electron chi connectivity index (χ0n) is 14.5. The van der Waals surface area contributed by atoms with Crippen molar-refractivity contribution < 1.29 is 5.11 Å². The van der Waals surface area contributed by atoms with Gasteiger partial charge in [-0.2, -0.15) is 0 Å². The van der Waals surface area contributed by atoms with Crippen LogP contribution in [0.15, 0.2) is 90.3 Å². The van der Waals surface area contributed by atoms with Gasteiger partial charge >= 0.3 is 0 Å². The highest BCUT2D eigenvalue weighted by molar-refractivity contribution is 7.99. The first-order valence-corrected chi connectivity index (χ1v) is 9.58. The van der Waals surface area contributed by atoms with Gasteiger partial charge in [0, 0.05) is 29.4 Å². The largest absolute Gasteiger partial charge is 0.388 e. The van der Waals surface area contributed by atoms with E-state index in [9.17, 15) is 5.11 Å². The van der Waals surface area contributed by atoms with E-state index in [0.717, 1.165) is 27.8 Å². The number of aliphatic hydroxyl groups is 1. The second-order valence-corrected chi connectivity index (χ2v) is 6.94. The van der Waals surface area contributed by atoms with Crippen LogP contribution in [0.2, 0.25) is 0 Å². The summed E-state index contributed by atoms with van der Waals surface area (Å²) in [5, 5.41) is 20.0. The highest BCUT2D eigenvalue weighted by atomic mass is 32.2. The molecule has 0 fully saturated rings. The molecule has 1 N–H and O–H groups in total. The molecule has 0 bridgehead atoms. The molecule has 134 valence electrons. The SMILES string of the molecule is O[C@@H](CSc1nnc(-c2cccnc2)n1-c1ccccc1)c1ccccc1. The van der Waals surface area contributed by atoms with Crippen molar-refractivity contribution in [3.8, 4) is 17.1 Å². The molecule has 0 amide bonds. The zero-order chi connectivity index (χ0) is 18.5. The molecule has 5 nitrogen and oxygen atoms in total. The molecular formula is C21H18N4OS. The Kier molecular flexibility index (Phi) is 5.27. The maximum atomic E-state index is 10.5. The molecular weight excluding hydrogens is 356 g/mol. The van der Waals surface area contributed by atoms with Crippen molar-refractivity contribution >= 4 is 11.8 Å². The summed E-state index contributed by atoms with van der Waals surface area (Å²) in [7, 11) is 0. The number of nitrogens with zero attached hydrogens (tertiary/aromatic N) is 4. The monoisotopic (exact) mass is 374 g/mol. The van der Waals surface area contributed by atoms with E-state index in [2.05, 4.69) is 15.2 Å². The predicted molar refractivity (Wildman–Crippen MR) is 107 cm³/mol. The third-order valence-electron chi connectivity index (χ3n) is 4.12. The first-order valence-electron chi connectivity index (χ1n) is 8.60. The maximum Gasteiger partial charge on any atom is 0.196 e. The molecule has 0 unspecified atom stereocenters. The Morgan fingerprint density at radius 3 is 2.33 bits per heavy atom. The van der Waals surface area contributed by atoms with E-state index in [1.54, 1.807) is 12.4 Å². The van der Waals surface area contributed by atoms with Crippen LogP contribution in [0, 0.1) is 0 Å². The molecule has 0 spiro atoms. The van der Waals surface area contributed by atoms with Gasteiger partial charge in [-0.25, -0.2) is 0 Å². The van der Waals surface area contributed by atoms with Crippen molar-refractivity contribution in [1.29, 1.82) is 0 Å². The molecule has 2 aromatic heterocycles. The number of hydrogen-bond acceptors (Lipinski definition) is 5. The topological polar surface area (TPSA) is 63.8 Å². The molecule has 0 aliphatic rings. The first kappa shape index (κ1) is 17.5. The van der Waals surface area contributed by atoms with Crippen LogP contribution in [-0.4, -0.2) is 30.6 Å². The number of thioether (sulfide) groups is 1. The van der Waals surface area contributed by atoms with E-state index in [0.29, 0.717) is 5.75 Å². The average molecular weight is 374 g/mol. The molecule has 2 heterocycles. The van der Waals surface area contributed by atoms with Crippen LogP contribution in [-0.2, 0) is 0 Å². The third kappa shape index (κ3) is 3.92. The quantitative estimate of drug-likeness (QED) is 0.514. The van der Waals surface area contributed by atoms with Gasteiger partial charge in [-0.15, -0.1) is 10.2 Å². The number of rotatable bonds is 6. The summed E-state index contributed by atoms with van der Waals surface area (Å²) in [6.45, 7) is 0. The van der Waals surface area contributed by atoms with Crippen molar-refractivity contribution in [2.24, 2.45) is 0 Å². The fourth-order valence-corrected chi connectivity index (χ4v) is 3.70. The van der Waals surface area contributed by atoms with Gasteiger partial charge in [0.25, 0.3) is 0 Å². The van der Waals surface area contributed by atoms with Crippen LogP contribution in [0.4, 0.5) is 0 Å². The molecule has 27 heavy (non-hydrogen) atoms. The van der Waals surface area contributed by atoms with E-state index in [1.807, 2.05) is 77.4 Å². The van der Waals surface area contributed by atoms with Crippen molar-refractivity contribution in [2.75, 3.05) is 5.75 Å². The van der Waals surface area contributed by atoms with E-state index >= 15 is 0 Å². The zero-order valence-corrected chi connectivity index (χ0v) is 15.3. The van der Waals surface area contributed by atoms with Gasteiger partial charge in [0.1, 0.15) is 0 Å². The van der Waals surface area contributed by atoms with Crippen LogP contribution in [0.25, 0.3) is 17.1 Å². The Morgan fingerprint density at radius 2 is 1.63 bits per heavy atom. The standard InChI is InChI=1S/C21H18N4OS/c26-19(16-8-3-1-4-9-16)15-27-21-24-23-20(17-10-7-13-22-14-17)25(21)18-11-5-2-6-12-18/h1-14,19,26H,15H2/t19-/m0/s1. The minimum atomic E-state index is -0.570. The molecule has 1 atom stereocenters. The lowest BCUT2D eigenvalue weighted by molar-refractivity contribution is 0.204. The molecule has 0 saturated carbocycles. The summed E-state index contributed by atoms with van der Waals surface area (Å²) in [6, 6.07) is 23.5. The van der Waals surface area contributed by atoms with Gasteiger partial charge in [0.05, 0.1) is 6.10 Å². The summed E-state index contributed by atoms with van der Waals surface area (Å²) >= 11 is 1.48. The molecule has 0 saturated heterocycles. The van der Waals surface area contributed by atoms with Crippen molar-refractivity contribution in [2.45, 2.75) is 11.3 Å². The van der Waals surface area contributed by atoms with E-state index in [-0.39, 0.29) is 0 Å². The molecule has 0 aliphatic heterocycles. The van der Waals surface area contributed by atoms with Gasteiger partial charge < -0.3 is 5.11 Å². The highest BCUT2D eigenvalue weighted by Crippen LogP contribution is 2.29. The van der Waals surface area contributed by atoms with Crippen LogP contribution in [0.5, 0.6) is 0 Å². The Bertz CT molecular complexity index is 991. The Hall–Kier alpha value is -2.96. The Labute approximate surface area is 161 Å². The molecule has 2 aromatic carbocycles. The first-order chi connectivity index (χ1) is 13.3. The Balaban J connectivity index is 1.66. The number of para-hydroxylation sites is 1. The minimum absolute atomic E-state index is 0.488. The van der Waals surface area contributed by atoms with Crippen molar-refractivity contribution in [3.63, 3.8) is 0 Å². The van der Waals surface area contributed by atoms with Crippen LogP contribution in [0.1, 0.15) is 11.7 Å². The second kappa shape index (κ2) is 8.16. The molecule has 4 aromatic rings. The number of aromatic nitrogens is 4. The summed E-state index contributed by atoms with van der Waals surface area (Å²) < 4.78 is 2.00.